The number of para-hydroxylation sites is 1. The van der Waals surface area contributed by atoms with Crippen LogP contribution in [0.15, 0.2) is 36.5 Å². The smallest absolute Gasteiger partial charge is 0.255 e. The summed E-state index contributed by atoms with van der Waals surface area (Å²) < 4.78 is 0. The van der Waals surface area contributed by atoms with E-state index in [1.807, 2.05) is 58.2 Å². The molecule has 0 saturated heterocycles. The Kier molecular flexibility index (Phi) is 3.07. The van der Waals surface area contributed by atoms with E-state index in [9.17, 15) is 4.79 Å². The zero-order chi connectivity index (χ0) is 13.3. The van der Waals surface area contributed by atoms with E-state index >= 15 is 0 Å². The molecule has 0 bridgehead atoms. The topological polar surface area (TPSA) is 33.2 Å². The molecule has 0 N–H and O–H groups in total. The minimum absolute atomic E-state index is 0.000697. The van der Waals surface area contributed by atoms with Crippen molar-refractivity contribution >= 4 is 16.8 Å². The molecule has 0 atom stereocenters. The monoisotopic (exact) mass is 242 g/mol. The first kappa shape index (κ1) is 12.6. The molecular formula is C15H18N2O. The minimum Gasteiger partial charge on any atom is -0.337 e. The van der Waals surface area contributed by atoms with Gasteiger partial charge < -0.3 is 4.90 Å². The van der Waals surface area contributed by atoms with Gasteiger partial charge in [-0.15, -0.1) is 0 Å². The average molecular weight is 242 g/mol. The normalized spacial score (nSPS) is 11.6. The summed E-state index contributed by atoms with van der Waals surface area (Å²) in [6.07, 6.45) is 1.65. The predicted molar refractivity (Wildman–Crippen MR) is 73.6 cm³/mol. The van der Waals surface area contributed by atoms with E-state index in [-0.39, 0.29) is 11.4 Å². The van der Waals surface area contributed by atoms with Crippen molar-refractivity contribution in [3.05, 3.63) is 42.1 Å². The molecule has 2 rings (SSSR count). The van der Waals surface area contributed by atoms with Gasteiger partial charge in [0, 0.05) is 24.2 Å². The lowest BCUT2D eigenvalue weighted by Crippen LogP contribution is -2.42. The molecule has 94 valence electrons. The van der Waals surface area contributed by atoms with Crippen molar-refractivity contribution in [3.63, 3.8) is 0 Å². The molecule has 1 heterocycles. The highest BCUT2D eigenvalue weighted by Crippen LogP contribution is 2.17. The fourth-order valence-corrected chi connectivity index (χ4v) is 1.69. The Morgan fingerprint density at radius 1 is 1.22 bits per heavy atom. The molecule has 3 heteroatoms. The number of carbonyl (C=O) groups is 1. The molecule has 0 spiro atoms. The Labute approximate surface area is 107 Å². The molecule has 0 aliphatic heterocycles. The summed E-state index contributed by atoms with van der Waals surface area (Å²) in [5.74, 6) is 0.000697. The number of carbonyl (C=O) groups excluding carboxylic acids is 1. The molecule has 3 nitrogen and oxygen atoms in total. The zero-order valence-electron chi connectivity index (χ0n) is 11.3. The Balaban J connectivity index is 2.40. The van der Waals surface area contributed by atoms with Gasteiger partial charge in [0.05, 0.1) is 11.1 Å². The quantitative estimate of drug-likeness (QED) is 0.769. The average Bonchev–Trinajstić information content (AvgIpc) is 2.35. The van der Waals surface area contributed by atoms with Gasteiger partial charge >= 0.3 is 0 Å². The number of hydrogen-bond donors (Lipinski definition) is 0. The third kappa shape index (κ3) is 2.35. The lowest BCUT2D eigenvalue weighted by Gasteiger charge is -2.32. The van der Waals surface area contributed by atoms with Crippen LogP contribution in [-0.4, -0.2) is 28.4 Å². The molecule has 0 saturated carbocycles. The summed E-state index contributed by atoms with van der Waals surface area (Å²) in [6.45, 7) is 6.04. The van der Waals surface area contributed by atoms with Crippen LogP contribution in [0.25, 0.3) is 10.9 Å². The summed E-state index contributed by atoms with van der Waals surface area (Å²) in [7, 11) is 1.82. The van der Waals surface area contributed by atoms with Gasteiger partial charge in [-0.3, -0.25) is 9.78 Å². The third-order valence-corrected chi connectivity index (χ3v) is 3.15. The van der Waals surface area contributed by atoms with Gasteiger partial charge in [0.2, 0.25) is 0 Å². The summed E-state index contributed by atoms with van der Waals surface area (Å²) >= 11 is 0. The molecule has 0 fully saturated rings. The van der Waals surface area contributed by atoms with Crippen LogP contribution in [-0.2, 0) is 0 Å². The lowest BCUT2D eigenvalue weighted by molar-refractivity contribution is 0.0655. The van der Waals surface area contributed by atoms with Gasteiger partial charge in [-0.05, 0) is 32.9 Å². The summed E-state index contributed by atoms with van der Waals surface area (Å²) in [5.41, 5.74) is 1.35. The maximum atomic E-state index is 12.3. The standard InChI is InChI=1S/C15H18N2O/c1-15(2,3)17(4)14(18)12-9-11-7-5-6-8-13(11)16-10-12/h5-10H,1-4H3. The second-order valence-electron chi connectivity index (χ2n) is 5.45. The van der Waals surface area contributed by atoms with Gasteiger partial charge in [-0.25, -0.2) is 0 Å². The highest BCUT2D eigenvalue weighted by Gasteiger charge is 2.23. The second kappa shape index (κ2) is 4.41. The molecule has 2 aromatic rings. The molecule has 0 aliphatic rings. The maximum absolute atomic E-state index is 12.3. The molecule has 0 aliphatic carbocycles. The molecule has 1 aromatic carbocycles. The Morgan fingerprint density at radius 2 is 1.89 bits per heavy atom. The first-order valence-corrected chi connectivity index (χ1v) is 6.02. The van der Waals surface area contributed by atoms with Crippen LogP contribution in [0.5, 0.6) is 0 Å². The number of rotatable bonds is 1. The van der Waals surface area contributed by atoms with Crippen LogP contribution in [0, 0.1) is 0 Å². The van der Waals surface area contributed by atoms with E-state index in [1.54, 1.807) is 11.1 Å². The van der Waals surface area contributed by atoms with Crippen molar-refractivity contribution in [1.29, 1.82) is 0 Å². The van der Waals surface area contributed by atoms with E-state index in [0.29, 0.717) is 5.56 Å². The van der Waals surface area contributed by atoms with E-state index in [2.05, 4.69) is 4.98 Å². The predicted octanol–water partition coefficient (Wildman–Crippen LogP) is 3.11. The van der Waals surface area contributed by atoms with Gasteiger partial charge in [0.1, 0.15) is 0 Å². The lowest BCUT2D eigenvalue weighted by atomic mass is 10.1. The molecule has 1 amide bonds. The number of pyridine rings is 1. The van der Waals surface area contributed by atoms with Crippen molar-refractivity contribution in [2.45, 2.75) is 26.3 Å². The first-order valence-electron chi connectivity index (χ1n) is 6.02. The molecular weight excluding hydrogens is 224 g/mol. The highest BCUT2D eigenvalue weighted by atomic mass is 16.2. The molecule has 1 aromatic heterocycles. The van der Waals surface area contributed by atoms with E-state index in [0.717, 1.165) is 10.9 Å². The number of benzene rings is 1. The zero-order valence-corrected chi connectivity index (χ0v) is 11.3. The summed E-state index contributed by atoms with van der Waals surface area (Å²) in [4.78, 5) is 18.4. The maximum Gasteiger partial charge on any atom is 0.255 e. The van der Waals surface area contributed by atoms with E-state index in [4.69, 9.17) is 0 Å². The minimum atomic E-state index is -0.192. The van der Waals surface area contributed by atoms with Crippen LogP contribution in [0.1, 0.15) is 31.1 Å². The number of nitrogens with zero attached hydrogens (tertiary/aromatic N) is 2. The largest absolute Gasteiger partial charge is 0.337 e. The number of amides is 1. The summed E-state index contributed by atoms with van der Waals surface area (Å²) in [5, 5.41) is 0.991. The van der Waals surface area contributed by atoms with Crippen LogP contribution < -0.4 is 0 Å². The van der Waals surface area contributed by atoms with Gasteiger partial charge in [0.15, 0.2) is 0 Å². The van der Waals surface area contributed by atoms with E-state index < -0.39 is 0 Å². The van der Waals surface area contributed by atoms with Crippen molar-refractivity contribution in [3.8, 4) is 0 Å². The highest BCUT2D eigenvalue weighted by molar-refractivity contribution is 5.97. The number of hydrogen-bond acceptors (Lipinski definition) is 2. The molecule has 0 unspecified atom stereocenters. The SMILES string of the molecule is CN(C(=O)c1cnc2ccccc2c1)C(C)(C)C. The Hall–Kier alpha value is -1.90. The van der Waals surface area contributed by atoms with Crippen LogP contribution >= 0.6 is 0 Å². The Bertz CT molecular complexity index is 584. The number of fused-ring (bicyclic) bond motifs is 1. The Morgan fingerprint density at radius 3 is 2.56 bits per heavy atom. The van der Waals surface area contributed by atoms with Crippen molar-refractivity contribution < 1.29 is 4.79 Å². The third-order valence-electron chi connectivity index (χ3n) is 3.15. The van der Waals surface area contributed by atoms with Gasteiger partial charge in [0.25, 0.3) is 5.91 Å². The first-order chi connectivity index (χ1) is 8.39. The van der Waals surface area contributed by atoms with Crippen molar-refractivity contribution in [1.82, 2.24) is 9.88 Å². The van der Waals surface area contributed by atoms with Crippen molar-refractivity contribution in [2.75, 3.05) is 7.05 Å². The fourth-order valence-electron chi connectivity index (χ4n) is 1.69. The van der Waals surface area contributed by atoms with Crippen LogP contribution in [0.4, 0.5) is 0 Å². The van der Waals surface area contributed by atoms with Crippen molar-refractivity contribution in [2.24, 2.45) is 0 Å². The number of aromatic nitrogens is 1. The molecule has 0 radical (unpaired) electrons. The van der Waals surface area contributed by atoms with Crippen LogP contribution in [0.3, 0.4) is 0 Å². The fraction of sp³-hybridized carbons (Fsp3) is 0.333. The van der Waals surface area contributed by atoms with Gasteiger partial charge in [-0.1, -0.05) is 18.2 Å². The van der Waals surface area contributed by atoms with E-state index in [1.165, 1.54) is 0 Å². The molecule has 18 heavy (non-hydrogen) atoms. The summed E-state index contributed by atoms with van der Waals surface area (Å²) in [6, 6.07) is 9.70. The van der Waals surface area contributed by atoms with Crippen LogP contribution in [0.2, 0.25) is 0 Å². The second-order valence-corrected chi connectivity index (χ2v) is 5.45. The van der Waals surface area contributed by atoms with Gasteiger partial charge in [-0.2, -0.15) is 0 Å².